The highest BCUT2D eigenvalue weighted by atomic mass is 35.5. The average molecular weight is 269 g/mol. The van der Waals surface area contributed by atoms with Gasteiger partial charge in [0.15, 0.2) is 0 Å². The molecule has 1 aliphatic rings. The Morgan fingerprint density at radius 2 is 1.78 bits per heavy atom. The number of hydrogen-bond donors (Lipinski definition) is 3. The Labute approximate surface area is 111 Å². The van der Waals surface area contributed by atoms with Crippen LogP contribution in [0.15, 0.2) is 24.3 Å². The van der Waals surface area contributed by atoms with E-state index in [1.54, 1.807) is 24.3 Å². The number of urea groups is 1. The number of hydrogen-bond acceptors (Lipinski definition) is 2. The maximum Gasteiger partial charge on any atom is 0.319 e. The molecule has 0 aromatic heterocycles. The van der Waals surface area contributed by atoms with Gasteiger partial charge in [-0.2, -0.15) is 0 Å². The lowest BCUT2D eigenvalue weighted by Gasteiger charge is -2.26. The summed E-state index contributed by atoms with van der Waals surface area (Å²) in [7, 11) is 0. The largest absolute Gasteiger partial charge is 0.393 e. The summed E-state index contributed by atoms with van der Waals surface area (Å²) in [5.74, 6) is 0. The van der Waals surface area contributed by atoms with Gasteiger partial charge in [0.05, 0.1) is 6.10 Å². The average Bonchev–Trinajstić information content (AvgIpc) is 2.35. The molecule has 0 aliphatic heterocycles. The van der Waals surface area contributed by atoms with E-state index in [4.69, 9.17) is 11.6 Å². The van der Waals surface area contributed by atoms with Crippen molar-refractivity contribution in [3.05, 3.63) is 29.3 Å². The highest BCUT2D eigenvalue weighted by molar-refractivity contribution is 6.30. The van der Waals surface area contributed by atoms with Crippen molar-refractivity contribution in [2.75, 3.05) is 5.32 Å². The third-order valence-electron chi connectivity index (χ3n) is 3.13. The Kier molecular flexibility index (Phi) is 4.44. The Hall–Kier alpha value is -1.26. The summed E-state index contributed by atoms with van der Waals surface area (Å²) in [6, 6.07) is 6.92. The number of carbonyl (C=O) groups is 1. The number of aliphatic hydroxyl groups is 1. The van der Waals surface area contributed by atoms with Gasteiger partial charge in [0.2, 0.25) is 0 Å². The zero-order chi connectivity index (χ0) is 13.0. The van der Waals surface area contributed by atoms with E-state index in [-0.39, 0.29) is 18.2 Å². The summed E-state index contributed by atoms with van der Waals surface area (Å²) in [4.78, 5) is 11.7. The number of aliphatic hydroxyl groups excluding tert-OH is 1. The molecule has 98 valence electrons. The first kappa shape index (κ1) is 13.2. The lowest BCUT2D eigenvalue weighted by Crippen LogP contribution is -2.40. The van der Waals surface area contributed by atoms with E-state index in [1.807, 2.05) is 0 Å². The number of rotatable bonds is 2. The van der Waals surface area contributed by atoms with Crippen molar-refractivity contribution in [1.82, 2.24) is 5.32 Å². The number of nitrogens with one attached hydrogen (secondary N) is 2. The quantitative estimate of drug-likeness (QED) is 0.772. The second-order valence-corrected chi connectivity index (χ2v) is 5.05. The minimum Gasteiger partial charge on any atom is -0.393 e. The normalized spacial score (nSPS) is 23.4. The molecule has 3 N–H and O–H groups in total. The molecule has 2 amide bonds. The third-order valence-corrected chi connectivity index (χ3v) is 3.39. The van der Waals surface area contributed by atoms with Crippen molar-refractivity contribution < 1.29 is 9.90 Å². The molecule has 1 saturated carbocycles. The SMILES string of the molecule is O=C(Nc1ccc(Cl)cc1)NC1CCC(O)CC1. The van der Waals surface area contributed by atoms with Gasteiger partial charge >= 0.3 is 6.03 Å². The molecule has 5 heteroatoms. The first-order valence-electron chi connectivity index (χ1n) is 6.14. The summed E-state index contributed by atoms with van der Waals surface area (Å²) in [5, 5.41) is 15.7. The molecule has 1 aliphatic carbocycles. The van der Waals surface area contributed by atoms with Gasteiger partial charge in [0, 0.05) is 16.8 Å². The topological polar surface area (TPSA) is 61.4 Å². The minimum atomic E-state index is -0.210. The maximum atomic E-state index is 11.7. The van der Waals surface area contributed by atoms with Crippen LogP contribution >= 0.6 is 11.6 Å². The van der Waals surface area contributed by atoms with Crippen LogP contribution in [0.4, 0.5) is 10.5 Å². The van der Waals surface area contributed by atoms with Gasteiger partial charge in [0.1, 0.15) is 0 Å². The van der Waals surface area contributed by atoms with E-state index in [1.165, 1.54) is 0 Å². The molecule has 1 aromatic carbocycles. The second-order valence-electron chi connectivity index (χ2n) is 4.61. The third kappa shape index (κ3) is 3.89. The van der Waals surface area contributed by atoms with Crippen LogP contribution in [0, 0.1) is 0 Å². The number of halogens is 1. The van der Waals surface area contributed by atoms with Crippen LogP contribution in [0.3, 0.4) is 0 Å². The zero-order valence-corrected chi connectivity index (χ0v) is 10.8. The van der Waals surface area contributed by atoms with E-state index >= 15 is 0 Å². The molecule has 0 radical (unpaired) electrons. The molecule has 4 nitrogen and oxygen atoms in total. The van der Waals surface area contributed by atoms with E-state index in [0.717, 1.165) is 25.7 Å². The lowest BCUT2D eigenvalue weighted by atomic mass is 9.93. The van der Waals surface area contributed by atoms with E-state index < -0.39 is 0 Å². The smallest absolute Gasteiger partial charge is 0.319 e. The molecule has 2 rings (SSSR count). The lowest BCUT2D eigenvalue weighted by molar-refractivity contribution is 0.118. The molecule has 1 fully saturated rings. The van der Waals surface area contributed by atoms with E-state index in [0.29, 0.717) is 10.7 Å². The van der Waals surface area contributed by atoms with Gasteiger partial charge in [-0.05, 0) is 49.9 Å². The van der Waals surface area contributed by atoms with Crippen molar-refractivity contribution in [3.63, 3.8) is 0 Å². The molecule has 18 heavy (non-hydrogen) atoms. The number of anilines is 1. The van der Waals surface area contributed by atoms with Crippen LogP contribution < -0.4 is 10.6 Å². The van der Waals surface area contributed by atoms with Crippen LogP contribution in [0.1, 0.15) is 25.7 Å². The fourth-order valence-electron chi connectivity index (χ4n) is 2.11. The summed E-state index contributed by atoms with van der Waals surface area (Å²) < 4.78 is 0. The summed E-state index contributed by atoms with van der Waals surface area (Å²) in [6.07, 6.45) is 2.96. The summed E-state index contributed by atoms with van der Waals surface area (Å²) in [5.41, 5.74) is 0.716. The van der Waals surface area contributed by atoms with Gasteiger partial charge in [-0.15, -0.1) is 0 Å². The molecular formula is C13H17ClN2O2. The van der Waals surface area contributed by atoms with Gasteiger partial charge < -0.3 is 15.7 Å². The Morgan fingerprint density at radius 3 is 2.39 bits per heavy atom. The van der Waals surface area contributed by atoms with Gasteiger partial charge in [-0.1, -0.05) is 11.6 Å². The second kappa shape index (κ2) is 6.07. The van der Waals surface area contributed by atoms with Crippen LogP contribution in [0.2, 0.25) is 5.02 Å². The van der Waals surface area contributed by atoms with Gasteiger partial charge in [-0.3, -0.25) is 0 Å². The maximum absolute atomic E-state index is 11.7. The van der Waals surface area contributed by atoms with Crippen LogP contribution in [0.25, 0.3) is 0 Å². The van der Waals surface area contributed by atoms with Crippen molar-refractivity contribution in [1.29, 1.82) is 0 Å². The zero-order valence-electron chi connectivity index (χ0n) is 10.0. The van der Waals surface area contributed by atoms with Crippen LogP contribution in [-0.4, -0.2) is 23.3 Å². The van der Waals surface area contributed by atoms with Crippen molar-refractivity contribution in [2.24, 2.45) is 0 Å². The molecule has 0 heterocycles. The van der Waals surface area contributed by atoms with Crippen LogP contribution in [-0.2, 0) is 0 Å². The number of benzene rings is 1. The van der Waals surface area contributed by atoms with Gasteiger partial charge in [-0.25, -0.2) is 4.79 Å². The summed E-state index contributed by atoms with van der Waals surface area (Å²) in [6.45, 7) is 0. The molecule has 0 spiro atoms. The standard InChI is InChI=1S/C13H17ClN2O2/c14-9-1-3-10(4-2-9)15-13(18)16-11-5-7-12(17)8-6-11/h1-4,11-12,17H,5-8H2,(H2,15,16,18). The van der Waals surface area contributed by atoms with Crippen LogP contribution in [0.5, 0.6) is 0 Å². The Bertz CT molecular complexity index is 400. The monoisotopic (exact) mass is 268 g/mol. The highest BCUT2D eigenvalue weighted by Crippen LogP contribution is 2.18. The van der Waals surface area contributed by atoms with Gasteiger partial charge in [0.25, 0.3) is 0 Å². The molecule has 0 unspecified atom stereocenters. The molecule has 0 atom stereocenters. The first-order valence-corrected chi connectivity index (χ1v) is 6.52. The van der Waals surface area contributed by atoms with Crippen molar-refractivity contribution >= 4 is 23.3 Å². The first-order chi connectivity index (χ1) is 8.63. The molecule has 0 bridgehead atoms. The molecule has 1 aromatic rings. The predicted octanol–water partition coefficient (Wildman–Crippen LogP) is 2.77. The van der Waals surface area contributed by atoms with Crippen molar-refractivity contribution in [2.45, 2.75) is 37.8 Å². The highest BCUT2D eigenvalue weighted by Gasteiger charge is 2.20. The molecule has 0 saturated heterocycles. The van der Waals surface area contributed by atoms with Crippen molar-refractivity contribution in [3.8, 4) is 0 Å². The predicted molar refractivity (Wildman–Crippen MR) is 71.9 cm³/mol. The van der Waals surface area contributed by atoms with E-state index in [9.17, 15) is 9.90 Å². The Balaban J connectivity index is 1.80. The molecular weight excluding hydrogens is 252 g/mol. The fourth-order valence-corrected chi connectivity index (χ4v) is 2.23. The summed E-state index contributed by atoms with van der Waals surface area (Å²) >= 11 is 5.77. The Morgan fingerprint density at radius 1 is 1.17 bits per heavy atom. The van der Waals surface area contributed by atoms with E-state index in [2.05, 4.69) is 10.6 Å². The number of carbonyl (C=O) groups excluding carboxylic acids is 1. The fraction of sp³-hybridized carbons (Fsp3) is 0.462. The number of amides is 2. The minimum absolute atomic E-state index is 0.153.